The van der Waals surface area contributed by atoms with Crippen LogP contribution in [0.15, 0.2) is 0 Å². The lowest BCUT2D eigenvalue weighted by Crippen LogP contribution is -2.57. The number of hydrogen-bond donors (Lipinski definition) is 0. The largest absolute Gasteiger partial charge is 0.404 e. The Morgan fingerprint density at radius 3 is 2.12 bits per heavy atom. The van der Waals surface area contributed by atoms with Crippen LogP contribution in [0.4, 0.5) is 22.0 Å². The lowest BCUT2D eigenvalue weighted by molar-refractivity contribution is -0.212. The molecule has 2 heterocycles. The third kappa shape index (κ3) is 4.81. The van der Waals surface area contributed by atoms with E-state index in [-0.39, 0.29) is 38.0 Å². The minimum atomic E-state index is -4.25. The zero-order valence-corrected chi connectivity index (χ0v) is 14.8. The Labute approximate surface area is 141 Å². The fourth-order valence-corrected chi connectivity index (χ4v) is 4.26. The van der Waals surface area contributed by atoms with Gasteiger partial charge in [0.1, 0.15) is 6.04 Å². The number of piperidine rings is 2. The molecule has 2 nitrogen and oxygen atoms in total. The monoisotopic (exact) mass is 356 g/mol. The Morgan fingerprint density at radius 1 is 1.04 bits per heavy atom. The Bertz CT molecular complexity index is 400. The molecule has 0 aromatic carbocycles. The van der Waals surface area contributed by atoms with E-state index >= 15 is 0 Å². The molecule has 142 valence electrons. The van der Waals surface area contributed by atoms with Crippen molar-refractivity contribution in [3.63, 3.8) is 0 Å². The van der Waals surface area contributed by atoms with Crippen LogP contribution in [0.5, 0.6) is 0 Å². The fourth-order valence-electron chi connectivity index (χ4n) is 4.26. The molecule has 0 amide bonds. The summed E-state index contributed by atoms with van der Waals surface area (Å²) < 4.78 is 67.5. The first-order chi connectivity index (χ1) is 11.0. The quantitative estimate of drug-likeness (QED) is 0.682. The summed E-state index contributed by atoms with van der Waals surface area (Å²) in [5.74, 6) is -3.08. The third-order valence-electron chi connectivity index (χ3n) is 5.59. The lowest BCUT2D eigenvalue weighted by Gasteiger charge is -2.46. The van der Waals surface area contributed by atoms with Gasteiger partial charge in [0.05, 0.1) is 0 Å². The van der Waals surface area contributed by atoms with Crippen molar-refractivity contribution in [2.24, 2.45) is 5.92 Å². The van der Waals surface area contributed by atoms with Crippen LogP contribution in [0.1, 0.15) is 52.9 Å². The van der Waals surface area contributed by atoms with E-state index in [0.717, 1.165) is 6.42 Å². The molecule has 7 heteroatoms. The summed E-state index contributed by atoms with van der Waals surface area (Å²) in [4.78, 5) is 3.49. The van der Waals surface area contributed by atoms with Crippen LogP contribution >= 0.6 is 0 Å². The van der Waals surface area contributed by atoms with Crippen LogP contribution in [0, 0.1) is 5.92 Å². The molecule has 0 spiro atoms. The predicted molar refractivity (Wildman–Crippen MR) is 84.2 cm³/mol. The second kappa shape index (κ2) is 7.44. The normalized spacial score (nSPS) is 31.4. The van der Waals surface area contributed by atoms with Crippen molar-refractivity contribution in [1.82, 2.24) is 9.80 Å². The summed E-state index contributed by atoms with van der Waals surface area (Å²) in [6.07, 6.45) is -2.89. The Hall–Kier alpha value is -0.430. The lowest BCUT2D eigenvalue weighted by atomic mass is 9.82. The van der Waals surface area contributed by atoms with Gasteiger partial charge < -0.3 is 4.90 Å². The molecule has 2 rings (SSSR count). The van der Waals surface area contributed by atoms with Crippen molar-refractivity contribution >= 4 is 0 Å². The molecule has 0 aliphatic carbocycles. The van der Waals surface area contributed by atoms with Gasteiger partial charge in [-0.2, -0.15) is 13.2 Å². The Morgan fingerprint density at radius 2 is 1.62 bits per heavy atom. The van der Waals surface area contributed by atoms with Crippen molar-refractivity contribution in [1.29, 1.82) is 0 Å². The van der Waals surface area contributed by atoms with Gasteiger partial charge in [-0.25, -0.2) is 8.78 Å². The standard InChI is InChI=1S/C17H29F5N2/c1-12(2)24-8-4-5-14(15(24)17(20,21)22)11-13(3)23-9-6-16(18,19)7-10-23/h12-15H,4-11H2,1-3H3. The highest BCUT2D eigenvalue weighted by molar-refractivity contribution is 4.93. The molecule has 2 aliphatic heterocycles. The molecule has 2 saturated heterocycles. The number of alkyl halides is 5. The molecule has 2 aliphatic rings. The summed E-state index contributed by atoms with van der Waals surface area (Å²) >= 11 is 0. The van der Waals surface area contributed by atoms with Gasteiger partial charge in [-0.05, 0) is 52.5 Å². The van der Waals surface area contributed by atoms with Crippen molar-refractivity contribution < 1.29 is 22.0 Å². The minimum Gasteiger partial charge on any atom is -0.300 e. The number of nitrogens with zero attached hydrogens (tertiary/aromatic N) is 2. The summed E-state index contributed by atoms with van der Waals surface area (Å²) in [6.45, 7) is 6.50. The van der Waals surface area contributed by atoms with Gasteiger partial charge in [0.15, 0.2) is 0 Å². The second-order valence-corrected chi connectivity index (χ2v) is 7.70. The van der Waals surface area contributed by atoms with E-state index in [2.05, 4.69) is 0 Å². The molecular formula is C17H29F5N2. The highest BCUT2D eigenvalue weighted by atomic mass is 19.4. The van der Waals surface area contributed by atoms with Crippen LogP contribution in [0.3, 0.4) is 0 Å². The van der Waals surface area contributed by atoms with Crippen molar-refractivity contribution in [2.75, 3.05) is 19.6 Å². The Kier molecular flexibility index (Phi) is 6.17. The van der Waals surface area contributed by atoms with Gasteiger partial charge in [0.25, 0.3) is 5.92 Å². The first-order valence-electron chi connectivity index (χ1n) is 8.95. The van der Waals surface area contributed by atoms with Crippen molar-refractivity contribution in [3.05, 3.63) is 0 Å². The van der Waals surface area contributed by atoms with Crippen molar-refractivity contribution in [2.45, 2.75) is 83.1 Å². The van der Waals surface area contributed by atoms with E-state index in [9.17, 15) is 22.0 Å². The van der Waals surface area contributed by atoms with Gasteiger partial charge in [-0.15, -0.1) is 0 Å². The number of likely N-dealkylation sites (tertiary alicyclic amines) is 2. The van der Waals surface area contributed by atoms with Gasteiger partial charge >= 0.3 is 6.18 Å². The summed E-state index contributed by atoms with van der Waals surface area (Å²) in [6, 6.07) is -1.66. The van der Waals surface area contributed by atoms with E-state index in [4.69, 9.17) is 0 Å². The average Bonchev–Trinajstić information content (AvgIpc) is 2.45. The molecule has 24 heavy (non-hydrogen) atoms. The smallest absolute Gasteiger partial charge is 0.300 e. The maximum Gasteiger partial charge on any atom is 0.404 e. The van der Waals surface area contributed by atoms with E-state index in [1.807, 2.05) is 11.8 Å². The molecule has 0 aromatic rings. The fraction of sp³-hybridized carbons (Fsp3) is 1.00. The number of halogens is 5. The first-order valence-corrected chi connectivity index (χ1v) is 8.95. The zero-order valence-electron chi connectivity index (χ0n) is 14.8. The van der Waals surface area contributed by atoms with Gasteiger partial charge in [-0.1, -0.05) is 0 Å². The molecule has 0 N–H and O–H groups in total. The number of hydrogen-bond acceptors (Lipinski definition) is 2. The highest BCUT2D eigenvalue weighted by Gasteiger charge is 2.50. The van der Waals surface area contributed by atoms with Crippen LogP contribution in [-0.4, -0.2) is 59.7 Å². The molecule has 0 saturated carbocycles. The zero-order chi connectivity index (χ0) is 18.1. The van der Waals surface area contributed by atoms with Crippen LogP contribution < -0.4 is 0 Å². The van der Waals surface area contributed by atoms with E-state index < -0.39 is 24.1 Å². The summed E-state index contributed by atoms with van der Waals surface area (Å²) in [7, 11) is 0. The third-order valence-corrected chi connectivity index (χ3v) is 5.59. The maximum absolute atomic E-state index is 13.6. The van der Waals surface area contributed by atoms with Gasteiger partial charge in [0.2, 0.25) is 0 Å². The predicted octanol–water partition coefficient (Wildman–Crippen LogP) is 4.55. The highest BCUT2D eigenvalue weighted by Crippen LogP contribution is 2.40. The number of rotatable bonds is 4. The molecule has 0 radical (unpaired) electrons. The minimum absolute atomic E-state index is 0.0944. The molecule has 3 unspecified atom stereocenters. The van der Waals surface area contributed by atoms with Crippen LogP contribution in [0.25, 0.3) is 0 Å². The average molecular weight is 356 g/mol. The summed E-state index contributed by atoms with van der Waals surface area (Å²) in [5.41, 5.74) is 0. The molecule has 3 atom stereocenters. The topological polar surface area (TPSA) is 6.48 Å². The van der Waals surface area contributed by atoms with E-state index in [1.165, 1.54) is 0 Å². The molecule has 2 fully saturated rings. The van der Waals surface area contributed by atoms with Crippen molar-refractivity contribution in [3.8, 4) is 0 Å². The summed E-state index contributed by atoms with van der Waals surface area (Å²) in [5, 5.41) is 0. The van der Waals surface area contributed by atoms with Crippen LogP contribution in [0.2, 0.25) is 0 Å². The van der Waals surface area contributed by atoms with Gasteiger partial charge in [0, 0.05) is 38.0 Å². The van der Waals surface area contributed by atoms with Gasteiger partial charge in [-0.3, -0.25) is 4.90 Å². The molecule has 0 bridgehead atoms. The Balaban J connectivity index is 2.03. The SMILES string of the molecule is CC(CC1CCCN(C(C)C)C1C(F)(F)F)N1CCC(F)(F)CC1. The maximum atomic E-state index is 13.6. The molecule has 0 aromatic heterocycles. The van der Waals surface area contributed by atoms with E-state index in [0.29, 0.717) is 19.4 Å². The van der Waals surface area contributed by atoms with Crippen LogP contribution in [-0.2, 0) is 0 Å². The second-order valence-electron chi connectivity index (χ2n) is 7.70. The molecular weight excluding hydrogens is 327 g/mol. The first kappa shape index (κ1) is 19.9. The van der Waals surface area contributed by atoms with E-state index in [1.54, 1.807) is 18.7 Å².